The van der Waals surface area contributed by atoms with Gasteiger partial charge in [-0.1, -0.05) is 6.92 Å². The molecule has 1 aromatic carbocycles. The van der Waals surface area contributed by atoms with Crippen molar-refractivity contribution in [3.05, 3.63) is 28.3 Å². The topological polar surface area (TPSA) is 64.4 Å². The van der Waals surface area contributed by atoms with Gasteiger partial charge < -0.3 is 10.1 Å². The highest BCUT2D eigenvalue weighted by molar-refractivity contribution is 8.00. The van der Waals surface area contributed by atoms with Crippen LogP contribution in [-0.2, 0) is 0 Å². The van der Waals surface area contributed by atoms with Crippen LogP contribution in [0.2, 0.25) is 0 Å². The van der Waals surface area contributed by atoms with Crippen LogP contribution >= 0.6 is 11.8 Å². The molecule has 19 heavy (non-hydrogen) atoms. The third kappa shape index (κ3) is 3.32. The molecular formula is C13H18N2O3S. The summed E-state index contributed by atoms with van der Waals surface area (Å²) in [5.41, 5.74) is 0.876. The summed E-state index contributed by atoms with van der Waals surface area (Å²) in [5, 5.41) is 14.7. The van der Waals surface area contributed by atoms with E-state index in [1.165, 1.54) is 31.4 Å². The molecule has 1 aliphatic heterocycles. The zero-order valence-corrected chi connectivity index (χ0v) is 11.9. The maximum atomic E-state index is 10.7. The van der Waals surface area contributed by atoms with Crippen molar-refractivity contribution in [2.75, 3.05) is 18.2 Å². The molecule has 1 N–H and O–H groups in total. The highest BCUT2D eigenvalue weighted by atomic mass is 32.2. The fraction of sp³-hybridized carbons (Fsp3) is 0.538. The third-order valence-electron chi connectivity index (χ3n) is 3.34. The minimum Gasteiger partial charge on any atom is -0.494 e. The minimum absolute atomic E-state index is 0.0495. The van der Waals surface area contributed by atoms with E-state index in [1.807, 2.05) is 11.8 Å². The number of methoxy groups -OCH3 is 1. The second kappa shape index (κ2) is 6.14. The van der Waals surface area contributed by atoms with Gasteiger partial charge in [-0.25, -0.2) is 0 Å². The van der Waals surface area contributed by atoms with Crippen LogP contribution in [0.25, 0.3) is 0 Å². The maximum absolute atomic E-state index is 10.7. The standard InChI is InChI=1S/C13H18N2O3S/c1-9-11(4-3-7-19-9)14-12-6-5-10(15(16)17)8-13(12)18-2/h5-6,8-9,11,14H,3-4,7H2,1-2H3. The van der Waals surface area contributed by atoms with E-state index in [1.54, 1.807) is 6.07 Å². The van der Waals surface area contributed by atoms with Crippen LogP contribution in [0.3, 0.4) is 0 Å². The quantitative estimate of drug-likeness (QED) is 0.678. The second-order valence-electron chi connectivity index (χ2n) is 4.61. The highest BCUT2D eigenvalue weighted by Gasteiger charge is 2.23. The van der Waals surface area contributed by atoms with E-state index in [0.717, 1.165) is 12.1 Å². The second-order valence-corrected chi connectivity index (χ2v) is 6.10. The molecule has 1 aromatic rings. The van der Waals surface area contributed by atoms with E-state index in [-0.39, 0.29) is 5.69 Å². The normalized spacial score (nSPS) is 22.8. The summed E-state index contributed by atoms with van der Waals surface area (Å²) >= 11 is 1.96. The predicted molar refractivity (Wildman–Crippen MR) is 78.2 cm³/mol. The molecule has 1 saturated heterocycles. The molecule has 0 spiro atoms. The lowest BCUT2D eigenvalue weighted by Crippen LogP contribution is -2.32. The van der Waals surface area contributed by atoms with Gasteiger partial charge in [0.05, 0.1) is 23.8 Å². The Hall–Kier alpha value is -1.43. The van der Waals surface area contributed by atoms with Crippen molar-refractivity contribution in [2.24, 2.45) is 0 Å². The summed E-state index contributed by atoms with van der Waals surface area (Å²) in [7, 11) is 1.53. The maximum Gasteiger partial charge on any atom is 0.273 e. The van der Waals surface area contributed by atoms with E-state index in [0.29, 0.717) is 17.0 Å². The molecule has 2 atom stereocenters. The number of nitro benzene ring substituents is 1. The van der Waals surface area contributed by atoms with Crippen LogP contribution in [0, 0.1) is 10.1 Å². The molecule has 5 nitrogen and oxygen atoms in total. The fourth-order valence-electron chi connectivity index (χ4n) is 2.23. The molecule has 2 unspecified atom stereocenters. The Balaban J connectivity index is 2.17. The number of hydrogen-bond acceptors (Lipinski definition) is 5. The molecule has 104 valence electrons. The zero-order chi connectivity index (χ0) is 13.8. The van der Waals surface area contributed by atoms with Crippen LogP contribution in [-0.4, -0.2) is 29.1 Å². The van der Waals surface area contributed by atoms with Crippen molar-refractivity contribution in [2.45, 2.75) is 31.1 Å². The first-order chi connectivity index (χ1) is 9.11. The molecule has 0 bridgehead atoms. The van der Waals surface area contributed by atoms with Gasteiger partial charge in [0.2, 0.25) is 0 Å². The number of rotatable bonds is 4. The van der Waals surface area contributed by atoms with Gasteiger partial charge in [0.1, 0.15) is 5.75 Å². The van der Waals surface area contributed by atoms with Crippen molar-refractivity contribution in [1.29, 1.82) is 0 Å². The summed E-state index contributed by atoms with van der Waals surface area (Å²) < 4.78 is 5.24. The van der Waals surface area contributed by atoms with Gasteiger partial charge in [0.15, 0.2) is 0 Å². The summed E-state index contributed by atoms with van der Waals surface area (Å²) in [6.07, 6.45) is 2.32. The number of benzene rings is 1. The first kappa shape index (κ1) is 14.0. The molecule has 1 heterocycles. The molecule has 2 rings (SSSR count). The van der Waals surface area contributed by atoms with E-state index in [4.69, 9.17) is 4.74 Å². The summed E-state index contributed by atoms with van der Waals surface area (Å²) in [6, 6.07) is 5.08. The first-order valence-electron chi connectivity index (χ1n) is 6.32. The number of nitro groups is 1. The first-order valence-corrected chi connectivity index (χ1v) is 7.37. The molecule has 0 radical (unpaired) electrons. The fourth-order valence-corrected chi connectivity index (χ4v) is 3.37. The number of hydrogen-bond donors (Lipinski definition) is 1. The van der Waals surface area contributed by atoms with E-state index in [9.17, 15) is 10.1 Å². The van der Waals surface area contributed by atoms with Crippen molar-refractivity contribution >= 4 is 23.1 Å². The molecule has 0 aromatic heterocycles. The average molecular weight is 282 g/mol. The number of nitrogens with one attached hydrogen (secondary N) is 1. The molecule has 1 aliphatic rings. The van der Waals surface area contributed by atoms with Gasteiger partial charge in [-0.05, 0) is 24.7 Å². The van der Waals surface area contributed by atoms with Gasteiger partial charge in [-0.15, -0.1) is 0 Å². The van der Waals surface area contributed by atoms with Gasteiger partial charge in [0, 0.05) is 17.4 Å². The number of thioether (sulfide) groups is 1. The highest BCUT2D eigenvalue weighted by Crippen LogP contribution is 2.33. The van der Waals surface area contributed by atoms with Crippen LogP contribution < -0.4 is 10.1 Å². The van der Waals surface area contributed by atoms with Crippen molar-refractivity contribution in [3.8, 4) is 5.75 Å². The lowest BCUT2D eigenvalue weighted by Gasteiger charge is -2.30. The van der Waals surface area contributed by atoms with Gasteiger partial charge in [-0.2, -0.15) is 11.8 Å². The SMILES string of the molecule is COc1cc([N+](=O)[O-])ccc1NC1CCCSC1C. The number of non-ortho nitro benzene ring substituents is 1. The third-order valence-corrected chi connectivity index (χ3v) is 4.72. The molecule has 6 heteroatoms. The monoisotopic (exact) mass is 282 g/mol. The van der Waals surface area contributed by atoms with Crippen LogP contribution in [0.1, 0.15) is 19.8 Å². The number of ether oxygens (including phenoxy) is 1. The van der Waals surface area contributed by atoms with Crippen molar-refractivity contribution < 1.29 is 9.66 Å². The van der Waals surface area contributed by atoms with E-state index >= 15 is 0 Å². The summed E-state index contributed by atoms with van der Waals surface area (Å²) in [6.45, 7) is 2.21. The lowest BCUT2D eigenvalue weighted by atomic mass is 10.1. The van der Waals surface area contributed by atoms with Crippen LogP contribution in [0.15, 0.2) is 18.2 Å². The average Bonchev–Trinajstić information content (AvgIpc) is 2.41. The number of anilines is 1. The van der Waals surface area contributed by atoms with Gasteiger partial charge >= 0.3 is 0 Å². The van der Waals surface area contributed by atoms with Crippen molar-refractivity contribution in [1.82, 2.24) is 0 Å². The van der Waals surface area contributed by atoms with Crippen LogP contribution in [0.4, 0.5) is 11.4 Å². The summed E-state index contributed by atoms with van der Waals surface area (Å²) in [4.78, 5) is 10.3. The molecule has 1 fully saturated rings. The molecule has 0 amide bonds. The summed E-state index contributed by atoms with van der Waals surface area (Å²) in [5.74, 6) is 1.73. The van der Waals surface area contributed by atoms with Crippen molar-refractivity contribution in [3.63, 3.8) is 0 Å². The van der Waals surface area contributed by atoms with Crippen LogP contribution in [0.5, 0.6) is 5.75 Å². The minimum atomic E-state index is -0.411. The zero-order valence-electron chi connectivity index (χ0n) is 11.1. The molecule has 0 saturated carbocycles. The Labute approximate surface area is 116 Å². The largest absolute Gasteiger partial charge is 0.494 e. The van der Waals surface area contributed by atoms with Gasteiger partial charge in [0.25, 0.3) is 5.69 Å². The number of nitrogens with zero attached hydrogens (tertiary/aromatic N) is 1. The van der Waals surface area contributed by atoms with Gasteiger partial charge in [-0.3, -0.25) is 10.1 Å². The molecule has 0 aliphatic carbocycles. The Morgan fingerprint density at radius 1 is 1.53 bits per heavy atom. The Morgan fingerprint density at radius 3 is 2.95 bits per heavy atom. The Bertz CT molecular complexity index is 467. The predicted octanol–water partition coefficient (Wildman–Crippen LogP) is 3.30. The van der Waals surface area contributed by atoms with E-state index < -0.39 is 4.92 Å². The Kier molecular flexibility index (Phi) is 4.52. The lowest BCUT2D eigenvalue weighted by molar-refractivity contribution is -0.384. The Morgan fingerprint density at radius 2 is 2.32 bits per heavy atom. The van der Waals surface area contributed by atoms with E-state index in [2.05, 4.69) is 12.2 Å². The molecular weight excluding hydrogens is 264 g/mol. The smallest absolute Gasteiger partial charge is 0.273 e.